The van der Waals surface area contributed by atoms with Crippen LogP contribution in [-0.2, 0) is 14.3 Å². The van der Waals surface area contributed by atoms with E-state index in [1.54, 1.807) is 6.92 Å². The molecule has 3 aliphatic heterocycles. The molecule has 3 aliphatic rings. The number of hydrogen-bond acceptors (Lipinski definition) is 4. The summed E-state index contributed by atoms with van der Waals surface area (Å²) in [5.74, 6) is -0.441. The van der Waals surface area contributed by atoms with E-state index in [2.05, 4.69) is 31.3 Å². The molecule has 3 heterocycles. The number of fused-ring (bicyclic) bond motifs is 5. The van der Waals surface area contributed by atoms with Gasteiger partial charge in [0.15, 0.2) is 0 Å². The third kappa shape index (κ3) is 3.48. The van der Waals surface area contributed by atoms with Gasteiger partial charge in [0.2, 0.25) is 0 Å². The molecular formula is C19H19N4O3Se. The third-order valence-electron chi connectivity index (χ3n) is 4.95. The molecule has 1 radical (unpaired) electrons. The number of rotatable bonds is 4. The topological polar surface area (TPSA) is 83.4 Å². The number of ether oxygens (including phenoxy) is 1. The Bertz CT molecular complexity index is 822. The average Bonchev–Trinajstić information content (AvgIpc) is 3.32. The zero-order chi connectivity index (χ0) is 19.0. The van der Waals surface area contributed by atoms with Gasteiger partial charge in [0.1, 0.15) is 0 Å². The number of para-hydroxylation sites is 1. The summed E-state index contributed by atoms with van der Waals surface area (Å²) in [6, 6.07) is 9.68. The second kappa shape index (κ2) is 7.38. The van der Waals surface area contributed by atoms with Gasteiger partial charge >= 0.3 is 165 Å². The minimum atomic E-state index is -0.359. The number of amides is 2. The molecule has 2 fully saturated rings. The van der Waals surface area contributed by atoms with Gasteiger partial charge in [0.25, 0.3) is 0 Å². The first-order chi connectivity index (χ1) is 13.0. The molecule has 4 unspecified atom stereocenters. The van der Waals surface area contributed by atoms with Crippen LogP contribution >= 0.6 is 0 Å². The first-order valence-electron chi connectivity index (χ1n) is 8.82. The molecule has 8 heteroatoms. The molecule has 0 saturated carbocycles. The van der Waals surface area contributed by atoms with Gasteiger partial charge in [0, 0.05) is 0 Å². The van der Waals surface area contributed by atoms with E-state index >= 15 is 0 Å². The number of anilines is 1. The van der Waals surface area contributed by atoms with Crippen molar-refractivity contribution in [3.8, 4) is 0 Å². The first kappa shape index (κ1) is 18.1. The fourth-order valence-electron chi connectivity index (χ4n) is 3.75. The van der Waals surface area contributed by atoms with Crippen LogP contribution in [0.2, 0.25) is 0 Å². The number of nitrogens with zero attached hydrogens (tertiary/aromatic N) is 3. The third-order valence-corrected chi connectivity index (χ3v) is 5.36. The van der Waals surface area contributed by atoms with Gasteiger partial charge in [-0.25, -0.2) is 0 Å². The van der Waals surface area contributed by atoms with E-state index in [1.165, 1.54) is 4.90 Å². The van der Waals surface area contributed by atoms with Crippen molar-refractivity contribution in [2.45, 2.75) is 19.1 Å². The quantitative estimate of drug-likeness (QED) is 0.254. The summed E-state index contributed by atoms with van der Waals surface area (Å²) in [5, 5.41) is 3.14. The summed E-state index contributed by atoms with van der Waals surface area (Å²) in [6.07, 6.45) is 3.27. The Kier molecular flexibility index (Phi) is 4.95. The number of hydrogen-bond donors (Lipinski definition) is 1. The predicted molar refractivity (Wildman–Crippen MR) is 103 cm³/mol. The molecular weight excluding hydrogens is 411 g/mol. The van der Waals surface area contributed by atoms with Gasteiger partial charge in [-0.1, -0.05) is 0 Å². The Morgan fingerprint density at radius 3 is 2.41 bits per heavy atom. The number of benzene rings is 1. The van der Waals surface area contributed by atoms with E-state index in [4.69, 9.17) is 4.74 Å². The number of carbonyl (C=O) groups excluding carboxylic acids is 2. The maximum atomic E-state index is 12.5. The number of amidine groups is 2. The minimum absolute atomic E-state index is 0.145. The maximum absolute atomic E-state index is 12.5. The summed E-state index contributed by atoms with van der Waals surface area (Å²) in [7, 11) is 0. The molecule has 0 aromatic heterocycles. The van der Waals surface area contributed by atoms with Gasteiger partial charge in [-0.2, -0.15) is 0 Å². The van der Waals surface area contributed by atoms with Crippen molar-refractivity contribution in [1.29, 1.82) is 0 Å². The van der Waals surface area contributed by atoms with Crippen molar-refractivity contribution in [2.75, 3.05) is 18.4 Å². The van der Waals surface area contributed by atoms with Crippen LogP contribution in [0, 0.1) is 11.8 Å². The van der Waals surface area contributed by atoms with Gasteiger partial charge in [0.05, 0.1) is 0 Å². The van der Waals surface area contributed by atoms with E-state index in [0.717, 1.165) is 5.69 Å². The zero-order valence-electron chi connectivity index (χ0n) is 14.7. The van der Waals surface area contributed by atoms with Crippen molar-refractivity contribution in [3.05, 3.63) is 42.5 Å². The van der Waals surface area contributed by atoms with E-state index in [1.807, 2.05) is 42.5 Å². The van der Waals surface area contributed by atoms with E-state index in [9.17, 15) is 9.59 Å². The molecule has 27 heavy (non-hydrogen) atoms. The average molecular weight is 430 g/mol. The number of imide groups is 1. The van der Waals surface area contributed by atoms with Crippen LogP contribution in [0.25, 0.3) is 0 Å². The van der Waals surface area contributed by atoms with Crippen LogP contribution < -0.4 is 5.32 Å². The predicted octanol–water partition coefficient (Wildman–Crippen LogP) is 0.980. The van der Waals surface area contributed by atoms with E-state index in [-0.39, 0.29) is 42.4 Å². The Labute approximate surface area is 165 Å². The van der Waals surface area contributed by atoms with Gasteiger partial charge in [-0.15, -0.1) is 0 Å². The number of likely N-dealkylation sites (tertiary alicyclic amines) is 1. The monoisotopic (exact) mass is 431 g/mol. The van der Waals surface area contributed by atoms with Crippen LogP contribution in [0.5, 0.6) is 0 Å². The van der Waals surface area contributed by atoms with Crippen LogP contribution in [-0.4, -0.2) is 68.6 Å². The summed E-state index contributed by atoms with van der Waals surface area (Å²) in [5.41, 5.74) is 0.924. The van der Waals surface area contributed by atoms with Crippen molar-refractivity contribution < 1.29 is 14.3 Å². The van der Waals surface area contributed by atoms with Crippen molar-refractivity contribution in [3.63, 3.8) is 0 Å². The van der Waals surface area contributed by atoms with Crippen LogP contribution in [0.3, 0.4) is 0 Å². The molecule has 2 amide bonds. The SMILES string of the molecule is CC(=NCCN1C(=O)C2C3C=CC(O3)C2C1=O)N=C([Se])Nc1ccccc1. The molecule has 0 aliphatic carbocycles. The summed E-state index contributed by atoms with van der Waals surface area (Å²) < 4.78 is 6.23. The molecule has 2 bridgehead atoms. The van der Waals surface area contributed by atoms with Crippen molar-refractivity contribution in [1.82, 2.24) is 4.90 Å². The van der Waals surface area contributed by atoms with Gasteiger partial charge in [-0.3, -0.25) is 0 Å². The zero-order valence-corrected chi connectivity index (χ0v) is 16.5. The Hall–Kier alpha value is -2.28. The summed E-state index contributed by atoms with van der Waals surface area (Å²) in [6.45, 7) is 2.38. The number of aliphatic imine (C=N–C) groups is 2. The van der Waals surface area contributed by atoms with Crippen LogP contribution in [0.15, 0.2) is 52.5 Å². The van der Waals surface area contributed by atoms with Gasteiger partial charge < -0.3 is 0 Å². The van der Waals surface area contributed by atoms with Gasteiger partial charge in [-0.05, 0) is 0 Å². The summed E-state index contributed by atoms with van der Waals surface area (Å²) in [4.78, 5) is 35.1. The molecule has 1 aromatic carbocycles. The molecule has 4 rings (SSSR count). The second-order valence-electron chi connectivity index (χ2n) is 6.67. The Balaban J connectivity index is 1.33. The molecule has 7 nitrogen and oxygen atoms in total. The molecule has 2 saturated heterocycles. The Morgan fingerprint density at radius 2 is 1.78 bits per heavy atom. The molecule has 4 atom stereocenters. The fourth-order valence-corrected chi connectivity index (χ4v) is 4.28. The standard InChI is InChI=1S/C19H19N4O3Se/c1-11(21-19(27)22-12-5-3-2-4-6-12)20-9-10-23-17(24)15-13-7-8-14(26-13)16(15)18(23)25/h2-8,13-16H,9-10H2,1H3,(H,20,21,22). The second-order valence-corrected chi connectivity index (χ2v) is 7.48. The molecule has 0 spiro atoms. The van der Waals surface area contributed by atoms with Crippen LogP contribution in [0.1, 0.15) is 6.92 Å². The van der Waals surface area contributed by atoms with Crippen molar-refractivity contribution in [2.24, 2.45) is 21.8 Å². The summed E-state index contributed by atoms with van der Waals surface area (Å²) >= 11 is 2.86. The molecule has 139 valence electrons. The van der Waals surface area contributed by atoms with E-state index < -0.39 is 0 Å². The fraction of sp³-hybridized carbons (Fsp3) is 0.368. The molecule has 1 N–H and O–H groups in total. The number of carbonyl (C=O) groups is 2. The number of nitrogens with one attached hydrogen (secondary N) is 1. The van der Waals surface area contributed by atoms with Crippen molar-refractivity contribution >= 4 is 44.1 Å². The molecule has 1 aromatic rings. The first-order valence-corrected chi connectivity index (χ1v) is 9.68. The van der Waals surface area contributed by atoms with Crippen LogP contribution in [0.4, 0.5) is 5.69 Å². The normalized spacial score (nSPS) is 29.6. The van der Waals surface area contributed by atoms with E-state index in [0.29, 0.717) is 17.1 Å². The Morgan fingerprint density at radius 1 is 1.15 bits per heavy atom.